The highest BCUT2D eigenvalue weighted by molar-refractivity contribution is 6.04. The summed E-state index contributed by atoms with van der Waals surface area (Å²) < 4.78 is 4.60. The van der Waals surface area contributed by atoms with Gasteiger partial charge in [0.15, 0.2) is 11.1 Å². The lowest BCUT2D eigenvalue weighted by Gasteiger charge is -1.97. The van der Waals surface area contributed by atoms with Gasteiger partial charge in [0.25, 0.3) is 5.69 Å². The van der Waals surface area contributed by atoms with E-state index < -0.39 is 27.9 Å². The summed E-state index contributed by atoms with van der Waals surface area (Å²) in [6.07, 6.45) is 0. The SMILES string of the molecule is O=C(O)c1c([N+](=O)[O-])ccc2oc(=O)[nH]c12. The highest BCUT2D eigenvalue weighted by Crippen LogP contribution is 2.25. The highest BCUT2D eigenvalue weighted by Gasteiger charge is 2.25. The first-order valence-electron chi connectivity index (χ1n) is 4.04. The number of aromatic nitrogens is 1. The lowest BCUT2D eigenvalue weighted by Crippen LogP contribution is -2.04. The van der Waals surface area contributed by atoms with Gasteiger partial charge in [0, 0.05) is 6.07 Å². The van der Waals surface area contributed by atoms with Crippen molar-refractivity contribution in [3.8, 4) is 0 Å². The fourth-order valence-electron chi connectivity index (χ4n) is 1.38. The van der Waals surface area contributed by atoms with E-state index in [2.05, 4.69) is 9.40 Å². The molecule has 16 heavy (non-hydrogen) atoms. The monoisotopic (exact) mass is 224 g/mol. The maximum absolute atomic E-state index is 10.9. The van der Waals surface area contributed by atoms with Gasteiger partial charge in [-0.15, -0.1) is 0 Å². The zero-order valence-electron chi connectivity index (χ0n) is 7.59. The van der Waals surface area contributed by atoms with Crippen LogP contribution in [0.25, 0.3) is 11.1 Å². The maximum Gasteiger partial charge on any atom is 0.417 e. The first-order chi connectivity index (χ1) is 7.50. The second kappa shape index (κ2) is 3.19. The van der Waals surface area contributed by atoms with Crippen molar-refractivity contribution in [2.24, 2.45) is 0 Å². The number of aromatic amines is 1. The van der Waals surface area contributed by atoms with E-state index in [1.165, 1.54) is 0 Å². The van der Waals surface area contributed by atoms with Crippen LogP contribution in [0.3, 0.4) is 0 Å². The standard InChI is InChI=1S/C8H4N2O6/c11-7(12)5-3(10(14)15)1-2-4-6(5)9-8(13)16-4/h1-2H,(H,9,13)(H,11,12). The fourth-order valence-corrected chi connectivity index (χ4v) is 1.38. The Hall–Kier alpha value is -2.64. The number of carboxylic acid groups (broad SMARTS) is 1. The Kier molecular flexibility index (Phi) is 1.97. The summed E-state index contributed by atoms with van der Waals surface area (Å²) in [6, 6.07) is 2.14. The first-order valence-corrected chi connectivity index (χ1v) is 4.04. The smallest absolute Gasteiger partial charge is 0.417 e. The molecule has 0 saturated heterocycles. The molecule has 0 atom stereocenters. The minimum atomic E-state index is -1.51. The molecule has 0 aliphatic carbocycles. The summed E-state index contributed by atoms with van der Waals surface area (Å²) >= 11 is 0. The van der Waals surface area contributed by atoms with Crippen molar-refractivity contribution in [3.63, 3.8) is 0 Å². The van der Waals surface area contributed by atoms with Crippen LogP contribution in [0.5, 0.6) is 0 Å². The van der Waals surface area contributed by atoms with Crippen molar-refractivity contribution < 1.29 is 19.2 Å². The number of oxazole rings is 1. The molecule has 1 heterocycles. The van der Waals surface area contributed by atoms with Crippen LogP contribution in [-0.2, 0) is 0 Å². The largest absolute Gasteiger partial charge is 0.477 e. The minimum absolute atomic E-state index is 0.0343. The average Bonchev–Trinajstić information content (AvgIpc) is 2.55. The lowest BCUT2D eigenvalue weighted by molar-refractivity contribution is -0.385. The molecule has 2 rings (SSSR count). The molecular formula is C8H4N2O6. The summed E-state index contributed by atoms with van der Waals surface area (Å²) in [5.74, 6) is -2.37. The summed E-state index contributed by atoms with van der Waals surface area (Å²) in [7, 11) is 0. The van der Waals surface area contributed by atoms with Gasteiger partial charge in [0.2, 0.25) is 0 Å². The lowest BCUT2D eigenvalue weighted by atomic mass is 10.1. The molecule has 0 spiro atoms. The third-order valence-corrected chi connectivity index (χ3v) is 1.99. The van der Waals surface area contributed by atoms with E-state index in [1.54, 1.807) is 0 Å². The Morgan fingerprint density at radius 3 is 2.75 bits per heavy atom. The number of nitro groups is 1. The predicted molar refractivity (Wildman–Crippen MR) is 50.4 cm³/mol. The summed E-state index contributed by atoms with van der Waals surface area (Å²) in [5.41, 5.74) is -1.41. The van der Waals surface area contributed by atoms with E-state index in [1.807, 2.05) is 0 Å². The predicted octanol–water partition coefficient (Wildman–Crippen LogP) is 0.727. The number of carboxylic acids is 1. The maximum atomic E-state index is 10.9. The highest BCUT2D eigenvalue weighted by atomic mass is 16.6. The van der Waals surface area contributed by atoms with Gasteiger partial charge in [-0.2, -0.15) is 0 Å². The normalized spacial score (nSPS) is 10.5. The van der Waals surface area contributed by atoms with Crippen LogP contribution >= 0.6 is 0 Å². The summed E-state index contributed by atoms with van der Waals surface area (Å²) in [5, 5.41) is 19.4. The van der Waals surface area contributed by atoms with Crippen LogP contribution in [0.15, 0.2) is 21.3 Å². The zero-order chi connectivity index (χ0) is 11.9. The van der Waals surface area contributed by atoms with Gasteiger partial charge in [0.05, 0.1) is 4.92 Å². The van der Waals surface area contributed by atoms with Gasteiger partial charge < -0.3 is 9.52 Å². The topological polar surface area (TPSA) is 126 Å². The van der Waals surface area contributed by atoms with Gasteiger partial charge in [0.1, 0.15) is 5.52 Å². The third-order valence-electron chi connectivity index (χ3n) is 1.99. The number of benzene rings is 1. The molecule has 0 aliphatic heterocycles. The Morgan fingerprint density at radius 1 is 1.50 bits per heavy atom. The van der Waals surface area contributed by atoms with Crippen LogP contribution < -0.4 is 5.76 Å². The van der Waals surface area contributed by atoms with Crippen molar-refractivity contribution in [3.05, 3.63) is 38.4 Å². The molecule has 8 nitrogen and oxygen atoms in total. The van der Waals surface area contributed by atoms with Gasteiger partial charge in [-0.1, -0.05) is 0 Å². The van der Waals surface area contributed by atoms with E-state index in [4.69, 9.17) is 5.11 Å². The first kappa shape index (κ1) is 9.90. The summed E-state index contributed by atoms with van der Waals surface area (Å²) in [6.45, 7) is 0. The van der Waals surface area contributed by atoms with E-state index in [0.29, 0.717) is 0 Å². The molecule has 1 aromatic carbocycles. The van der Waals surface area contributed by atoms with Gasteiger partial charge in [-0.3, -0.25) is 15.1 Å². The van der Waals surface area contributed by atoms with Crippen LogP contribution in [0.2, 0.25) is 0 Å². The molecule has 0 unspecified atom stereocenters. The number of hydrogen-bond donors (Lipinski definition) is 2. The van der Waals surface area contributed by atoms with Gasteiger partial charge >= 0.3 is 11.7 Å². The zero-order valence-corrected chi connectivity index (χ0v) is 7.59. The number of nitro benzene ring substituents is 1. The molecular weight excluding hydrogens is 220 g/mol. The molecule has 1 aromatic heterocycles. The number of nitrogens with zero attached hydrogens (tertiary/aromatic N) is 1. The second-order valence-electron chi connectivity index (χ2n) is 2.91. The van der Waals surface area contributed by atoms with Crippen molar-refractivity contribution in [2.45, 2.75) is 0 Å². The van der Waals surface area contributed by atoms with Crippen LogP contribution in [0.1, 0.15) is 10.4 Å². The molecule has 0 aliphatic rings. The molecule has 0 radical (unpaired) electrons. The van der Waals surface area contributed by atoms with Crippen LogP contribution in [-0.4, -0.2) is 21.0 Å². The van der Waals surface area contributed by atoms with Crippen molar-refractivity contribution in [1.29, 1.82) is 0 Å². The quantitative estimate of drug-likeness (QED) is 0.571. The average molecular weight is 224 g/mol. The Labute approximate surface area is 86.3 Å². The Bertz CT molecular complexity index is 652. The van der Waals surface area contributed by atoms with E-state index in [9.17, 15) is 19.7 Å². The Balaban J connectivity index is 2.94. The van der Waals surface area contributed by atoms with Crippen LogP contribution in [0, 0.1) is 10.1 Å². The van der Waals surface area contributed by atoms with Crippen molar-refractivity contribution in [1.82, 2.24) is 4.98 Å². The molecule has 0 saturated carbocycles. The number of rotatable bonds is 2. The number of nitrogens with one attached hydrogen (secondary N) is 1. The van der Waals surface area contributed by atoms with E-state index in [0.717, 1.165) is 12.1 Å². The van der Waals surface area contributed by atoms with Gasteiger partial charge in [-0.25, -0.2) is 9.59 Å². The Morgan fingerprint density at radius 2 is 2.19 bits per heavy atom. The van der Waals surface area contributed by atoms with Gasteiger partial charge in [-0.05, 0) is 6.07 Å². The molecule has 82 valence electrons. The van der Waals surface area contributed by atoms with E-state index >= 15 is 0 Å². The molecule has 2 N–H and O–H groups in total. The molecule has 0 bridgehead atoms. The third kappa shape index (κ3) is 1.32. The van der Waals surface area contributed by atoms with Crippen molar-refractivity contribution >= 4 is 22.8 Å². The molecule has 0 fully saturated rings. The number of H-pyrrole nitrogens is 1. The number of carbonyl (C=O) groups is 1. The number of aromatic carboxylic acids is 1. The minimum Gasteiger partial charge on any atom is -0.477 e. The van der Waals surface area contributed by atoms with E-state index in [-0.39, 0.29) is 11.1 Å². The van der Waals surface area contributed by atoms with Crippen LogP contribution in [0.4, 0.5) is 5.69 Å². The fraction of sp³-hybridized carbons (Fsp3) is 0. The molecule has 2 aromatic rings. The van der Waals surface area contributed by atoms with Crippen molar-refractivity contribution in [2.75, 3.05) is 0 Å². The molecule has 8 heteroatoms. The number of fused-ring (bicyclic) bond motifs is 1. The second-order valence-corrected chi connectivity index (χ2v) is 2.91. The molecule has 0 amide bonds. The summed E-state index contributed by atoms with van der Waals surface area (Å²) in [4.78, 5) is 33.6. The number of hydrogen-bond acceptors (Lipinski definition) is 5.